The van der Waals surface area contributed by atoms with Gasteiger partial charge in [0.1, 0.15) is 13.8 Å². The molecule has 0 aliphatic heterocycles. The maximum absolute atomic E-state index is 9.25. The summed E-state index contributed by atoms with van der Waals surface area (Å²) < 4.78 is 4.61. The lowest BCUT2D eigenvalue weighted by molar-refractivity contribution is -0.560. The highest BCUT2D eigenvalue weighted by molar-refractivity contribution is 9.93. The molecule has 11 nitrogen and oxygen atoms in total. The smallest absolute Gasteiger partial charge is 0.146 e. The molecule has 28 fully saturated rings. The largest absolute Gasteiger partial charge is 1.00 e. The van der Waals surface area contributed by atoms with E-state index >= 15 is 0 Å². The Kier molecular flexibility index (Phi) is 15.1. The molecule has 0 heterocycles. The first-order chi connectivity index (χ1) is 39.2. The SMILES string of the molecule is BrBr.C.CC12CC3C4CC5(C)CC(C(C1)C3(Br)C5)C4(Br)C2.CC12CC3C4CC5(C)CC(C(C1)C3(N=[N+]=[N-])C5)C4(N=[N+]=[N-])C2.CC12CC3C4CC5(C)CC(C(C1)C3([N-]Cl)C5)C4([NH3+])C2.CC12CC3C4CC5(C)CC3C(C1)C(C5)C4C2.C[Si](C)(C)N=[N+]=[N-].[Cl-]. The van der Waals surface area contributed by atoms with Gasteiger partial charge in [0.25, 0.3) is 0 Å². The van der Waals surface area contributed by atoms with Gasteiger partial charge in [-0.05, 0) is 301 Å². The molecule has 28 aliphatic carbocycles. The molecule has 0 spiro atoms. The van der Waals surface area contributed by atoms with E-state index in [1.165, 1.54) is 113 Å². The van der Waals surface area contributed by atoms with Crippen LogP contribution in [0, 0.1) is 150 Å². The van der Waals surface area contributed by atoms with Crippen LogP contribution in [0.15, 0.2) is 15.0 Å². The lowest BCUT2D eigenvalue weighted by atomic mass is 9.27. The molecule has 28 aliphatic rings. The van der Waals surface area contributed by atoms with Crippen LogP contribution in [0.5, 0.6) is 0 Å². The lowest BCUT2D eigenvalue weighted by Gasteiger charge is -2.83. The molecule has 12 atom stereocenters. The van der Waals surface area contributed by atoms with Crippen molar-refractivity contribution in [2.24, 2.45) is 165 Å². The zero-order valence-electron chi connectivity index (χ0n) is 53.3. The zero-order chi connectivity index (χ0) is 59.8. The van der Waals surface area contributed by atoms with Crippen LogP contribution in [0.25, 0.3) is 36.2 Å². The molecule has 86 heavy (non-hydrogen) atoms. The van der Waals surface area contributed by atoms with E-state index in [9.17, 15) is 11.1 Å². The van der Waals surface area contributed by atoms with Gasteiger partial charge in [-0.3, -0.25) is 11.8 Å². The minimum atomic E-state index is -1.45. The Bertz CT molecular complexity index is 2680. The van der Waals surface area contributed by atoms with Gasteiger partial charge in [-0.2, -0.15) is 0 Å². The fourth-order valence-corrected chi connectivity index (χ4v) is 35.5. The van der Waals surface area contributed by atoms with E-state index in [4.69, 9.17) is 23.0 Å². The Morgan fingerprint density at radius 1 is 0.407 bits per heavy atom. The van der Waals surface area contributed by atoms with Gasteiger partial charge >= 0.3 is 0 Å². The first kappa shape index (κ1) is 65.2. The molecule has 0 saturated heterocycles. The van der Waals surface area contributed by atoms with E-state index in [1.54, 1.807) is 38.5 Å². The Morgan fingerprint density at radius 3 is 0.953 bits per heavy atom. The molecule has 3 N–H and O–H groups in total. The lowest BCUT2D eigenvalue weighted by Crippen LogP contribution is -3.00. The minimum Gasteiger partial charge on any atom is -1.00 e. The Balaban J connectivity index is 0.000000101. The van der Waals surface area contributed by atoms with Crippen LogP contribution in [0.1, 0.15) is 217 Å². The Labute approximate surface area is 561 Å². The van der Waals surface area contributed by atoms with Crippen LogP contribution in [0.2, 0.25) is 19.6 Å². The van der Waals surface area contributed by atoms with Crippen molar-refractivity contribution in [2.75, 3.05) is 0 Å². The van der Waals surface area contributed by atoms with Crippen LogP contribution in [-0.2, 0) is 0 Å². The molecule has 0 aromatic rings. The number of hydrogen-bond acceptors (Lipinski definition) is 3. The number of halogens is 6. The quantitative estimate of drug-likeness (QED) is 0.0923. The molecular formula is C68H106Br4Cl2N11Si-. The van der Waals surface area contributed by atoms with Gasteiger partial charge in [-0.15, -0.1) is 10.3 Å². The van der Waals surface area contributed by atoms with Crippen molar-refractivity contribution < 1.29 is 18.1 Å². The summed E-state index contributed by atoms with van der Waals surface area (Å²) in [7, 11) is -1.45. The second-order valence-corrected chi connectivity index (χ2v) is 47.0. The van der Waals surface area contributed by atoms with Crippen LogP contribution in [0.3, 0.4) is 0 Å². The number of rotatable bonds is 4. The Morgan fingerprint density at radius 2 is 0.674 bits per heavy atom. The van der Waals surface area contributed by atoms with Crippen molar-refractivity contribution in [2.45, 2.75) is 267 Å². The molecule has 12 unspecified atom stereocenters. The van der Waals surface area contributed by atoms with E-state index in [0.717, 1.165) is 96.7 Å². The van der Waals surface area contributed by atoms with Gasteiger partial charge in [0.05, 0.1) is 11.1 Å². The van der Waals surface area contributed by atoms with Crippen LogP contribution in [0.4, 0.5) is 0 Å². The monoisotopic (exact) mass is 1490 g/mol. The van der Waals surface area contributed by atoms with E-state index in [2.05, 4.69) is 150 Å². The van der Waals surface area contributed by atoms with Crippen LogP contribution < -0.4 is 18.1 Å². The van der Waals surface area contributed by atoms with Crippen molar-refractivity contribution in [3.8, 4) is 0 Å². The van der Waals surface area contributed by atoms with Crippen molar-refractivity contribution in [3.63, 3.8) is 0 Å². The first-order valence-corrected chi connectivity index (χ1v) is 43.1. The second-order valence-electron chi connectivity index (χ2n) is 39.4. The molecule has 28 rings (SSSR count). The zero-order valence-corrected chi connectivity index (χ0v) is 62.2. The second kappa shape index (κ2) is 19.9. The maximum atomic E-state index is 9.25. The number of quaternary nitrogens is 1. The van der Waals surface area contributed by atoms with Crippen LogP contribution in [-0.4, -0.2) is 39.0 Å². The molecule has 0 aromatic carbocycles. The summed E-state index contributed by atoms with van der Waals surface area (Å²) in [4.78, 5) is 13.8. The first-order valence-electron chi connectivity index (χ1n) is 34.1. The predicted octanol–water partition coefficient (Wildman–Crippen LogP) is 18.8. The highest BCUT2D eigenvalue weighted by Crippen LogP contribution is 2.85. The molecule has 0 aromatic heterocycles. The van der Waals surface area contributed by atoms with Gasteiger partial charge in [0.15, 0.2) is 0 Å². The molecule has 28 saturated carbocycles. The highest BCUT2D eigenvalue weighted by Gasteiger charge is 2.81. The number of nitrogens with zero attached hydrogens (tertiary/aromatic N) is 10. The topological polar surface area (TPSA) is 188 Å². The molecule has 480 valence electrons. The highest BCUT2D eigenvalue weighted by atomic mass is 80.9. The van der Waals surface area contributed by atoms with E-state index in [-0.39, 0.29) is 47.3 Å². The summed E-state index contributed by atoms with van der Waals surface area (Å²) in [5, 5.41) is 8.94. The standard InChI is InChI=1S/C16H22Br2.C16H24ClN2.C16H22N6.C16H24.C3H9N3Si.CH4.Br2.ClH/c1-13-3-9-11-5-14(2)6-12(15(11,17)7-13)10(4-13)16(9,18)8-14;1-13-5-11-9-3-14(2)4-10(15(9,18)7-13)12(6-13)16(11,8-14)19-17;1-13-3-9-11-5-14(2)6-12(15(11,7-13)19-21-17)10(4-13)16(9,8-14)20-22-18;1-15-3-9-12-6-16(2)7-13(9)11(5-15)14(8-16)10(12)4-15;1-7(2,3)6-5-4;;1-2;/h9-12H,3-8H2,1-2H3;9-12H,3-8,18H2,1-2H3;9-12H,3-8H2,1-2H3;9-14H,3-8H2,1-2H3;1-3H3;1H4;;1H/q;-1;;;;;;. The molecular weight excluding hydrogens is 1390 g/mol. The summed E-state index contributed by atoms with van der Waals surface area (Å²) in [5.74, 6) is 15.7. The average molecular weight is 1500 g/mol. The van der Waals surface area contributed by atoms with E-state index < -0.39 is 8.24 Å². The number of alkyl halides is 2. The summed E-state index contributed by atoms with van der Waals surface area (Å²) in [5.41, 5.74) is 35.8. The molecule has 18 heteroatoms. The van der Waals surface area contributed by atoms with Crippen LogP contribution >= 0.6 is 71.9 Å². The number of azide groups is 3. The van der Waals surface area contributed by atoms with Crippen molar-refractivity contribution in [1.82, 2.24) is 0 Å². The fourth-order valence-electron chi connectivity index (χ4n) is 31.7. The number of hydrogen-bond donors (Lipinski definition) is 1. The van der Waals surface area contributed by atoms with Crippen molar-refractivity contribution in [1.29, 1.82) is 0 Å². The summed E-state index contributed by atoms with van der Waals surface area (Å²) in [6, 6.07) is 0. The van der Waals surface area contributed by atoms with E-state index in [1.807, 2.05) is 19.6 Å². The van der Waals surface area contributed by atoms with Gasteiger partial charge in [-0.1, -0.05) is 131 Å². The average Bonchev–Trinajstić information content (AvgIpc) is 0.674. The third-order valence-electron chi connectivity index (χ3n) is 32.2. The molecule has 0 amide bonds. The molecule has 32 bridgehead atoms. The summed E-state index contributed by atoms with van der Waals surface area (Å²) in [6.07, 6.45) is 33.4. The molecule has 0 radical (unpaired) electrons. The van der Waals surface area contributed by atoms with E-state index in [0.29, 0.717) is 59.5 Å². The van der Waals surface area contributed by atoms with Gasteiger partial charge in [0.2, 0.25) is 0 Å². The maximum Gasteiger partial charge on any atom is 0.146 e. The summed E-state index contributed by atoms with van der Waals surface area (Å²) in [6.45, 7) is 26.1. The minimum absolute atomic E-state index is 0. The summed E-state index contributed by atoms with van der Waals surface area (Å²) >= 11 is 20.4. The third kappa shape index (κ3) is 8.63. The Hall–Kier alpha value is 0.567. The van der Waals surface area contributed by atoms with Gasteiger partial charge < -0.3 is 23.0 Å². The van der Waals surface area contributed by atoms with Crippen molar-refractivity contribution >= 4 is 80.1 Å². The predicted molar refractivity (Wildman–Crippen MR) is 360 cm³/mol. The van der Waals surface area contributed by atoms with Gasteiger partial charge in [-0.25, -0.2) is 0 Å². The van der Waals surface area contributed by atoms with Crippen molar-refractivity contribution in [3.05, 3.63) is 36.2 Å². The third-order valence-corrected chi connectivity index (χ3v) is 36.1. The van der Waals surface area contributed by atoms with Gasteiger partial charge in [0, 0.05) is 65.0 Å². The fraction of sp³-hybridized carbons (Fsp3) is 1.00. The normalized spacial score (nSPS) is 62.3.